The van der Waals surface area contributed by atoms with Gasteiger partial charge in [0.15, 0.2) is 0 Å². The highest BCUT2D eigenvalue weighted by molar-refractivity contribution is 6.09. The average molecular weight is 827 g/mol. The minimum atomic E-state index is 0.126. The van der Waals surface area contributed by atoms with Crippen molar-refractivity contribution in [3.63, 3.8) is 0 Å². The number of nitrogens with zero attached hydrogens (tertiary/aromatic N) is 2. The summed E-state index contributed by atoms with van der Waals surface area (Å²) in [6.45, 7) is 0. The maximum Gasteiger partial charge on any atom is 0.143 e. The van der Waals surface area contributed by atoms with Crippen molar-refractivity contribution in [2.24, 2.45) is 0 Å². The van der Waals surface area contributed by atoms with Crippen LogP contribution in [0.25, 0.3) is 38.6 Å². The molecule has 4 nitrogen and oxygen atoms in total. The lowest BCUT2D eigenvalue weighted by Crippen LogP contribution is -2.30. The van der Waals surface area contributed by atoms with E-state index in [9.17, 15) is 0 Å². The number of benzene rings is 8. The Morgan fingerprint density at radius 3 is 1.86 bits per heavy atom. The quantitative estimate of drug-likeness (QED) is 0.136. The van der Waals surface area contributed by atoms with Gasteiger partial charge in [0.25, 0.3) is 0 Å². The highest BCUT2D eigenvalue weighted by Crippen LogP contribution is 2.48. The maximum atomic E-state index is 6.58. The van der Waals surface area contributed by atoms with Crippen molar-refractivity contribution >= 4 is 55.9 Å². The number of ether oxygens (including phenoxy) is 1. The van der Waals surface area contributed by atoms with Gasteiger partial charge in [-0.25, -0.2) is 0 Å². The van der Waals surface area contributed by atoms with Crippen molar-refractivity contribution in [1.29, 1.82) is 0 Å². The van der Waals surface area contributed by atoms with Crippen molar-refractivity contribution in [3.8, 4) is 16.9 Å². The summed E-state index contributed by atoms with van der Waals surface area (Å²) in [5, 5.41) is 2.28. The fourth-order valence-electron chi connectivity index (χ4n) is 10.2. The predicted molar refractivity (Wildman–Crippen MR) is 264 cm³/mol. The van der Waals surface area contributed by atoms with Gasteiger partial charge in [-0.05, 0) is 108 Å². The van der Waals surface area contributed by atoms with E-state index in [0.717, 1.165) is 68.7 Å². The molecule has 308 valence electrons. The average Bonchev–Trinajstić information content (AvgIpc) is 3.95. The second kappa shape index (κ2) is 16.1. The van der Waals surface area contributed by atoms with Crippen LogP contribution in [-0.4, -0.2) is 12.1 Å². The van der Waals surface area contributed by atoms with Crippen LogP contribution >= 0.6 is 0 Å². The largest absolute Gasteiger partial charge is 0.489 e. The molecule has 0 saturated heterocycles. The molecule has 0 N–H and O–H groups in total. The Morgan fingerprint density at radius 1 is 0.484 bits per heavy atom. The molecule has 0 spiro atoms. The van der Waals surface area contributed by atoms with E-state index in [2.05, 4.69) is 228 Å². The normalized spacial score (nSPS) is 18.6. The van der Waals surface area contributed by atoms with Gasteiger partial charge in [-0.15, -0.1) is 0 Å². The molecule has 0 bridgehead atoms. The van der Waals surface area contributed by atoms with Crippen molar-refractivity contribution in [2.45, 2.75) is 36.8 Å². The number of rotatable bonds is 9. The predicted octanol–water partition coefficient (Wildman–Crippen LogP) is 15.9. The van der Waals surface area contributed by atoms with Gasteiger partial charge < -0.3 is 19.0 Å². The van der Waals surface area contributed by atoms with E-state index >= 15 is 0 Å². The van der Waals surface area contributed by atoms with Crippen molar-refractivity contribution in [3.05, 3.63) is 247 Å². The summed E-state index contributed by atoms with van der Waals surface area (Å²) in [4.78, 5) is 4.80. The Balaban J connectivity index is 0.789. The lowest BCUT2D eigenvalue weighted by molar-refractivity contribution is 0.179. The molecule has 1 aromatic heterocycles. The second-order valence-electron chi connectivity index (χ2n) is 17.1. The molecular formula is C60H46N2O2. The molecule has 2 heterocycles. The molecule has 4 heteroatoms. The third kappa shape index (κ3) is 6.79. The highest BCUT2D eigenvalue weighted by Gasteiger charge is 2.40. The van der Waals surface area contributed by atoms with E-state index in [1.807, 2.05) is 12.1 Å². The zero-order valence-electron chi connectivity index (χ0n) is 35.4. The summed E-state index contributed by atoms with van der Waals surface area (Å²) in [6.07, 6.45) is 13.7. The van der Waals surface area contributed by atoms with E-state index < -0.39 is 0 Å². The third-order valence-electron chi connectivity index (χ3n) is 13.4. The summed E-state index contributed by atoms with van der Waals surface area (Å²) in [5.41, 5.74) is 14.8. The smallest absolute Gasteiger partial charge is 0.143 e. The maximum absolute atomic E-state index is 6.58. The molecule has 3 aliphatic rings. The molecule has 0 radical (unpaired) electrons. The van der Waals surface area contributed by atoms with E-state index in [1.54, 1.807) is 0 Å². The van der Waals surface area contributed by atoms with Gasteiger partial charge in [0.05, 0.1) is 6.04 Å². The summed E-state index contributed by atoms with van der Waals surface area (Å²) in [5.74, 6) is 1.64. The first-order valence-corrected chi connectivity index (χ1v) is 22.4. The van der Waals surface area contributed by atoms with Crippen LogP contribution in [0.3, 0.4) is 0 Å². The Hall–Kier alpha value is -7.82. The van der Waals surface area contributed by atoms with Crippen LogP contribution in [0.5, 0.6) is 5.75 Å². The summed E-state index contributed by atoms with van der Waals surface area (Å²) in [7, 11) is 0. The Labute approximate surface area is 374 Å². The van der Waals surface area contributed by atoms with Crippen LogP contribution in [-0.2, 0) is 0 Å². The van der Waals surface area contributed by atoms with Gasteiger partial charge in [-0.1, -0.05) is 158 Å². The molecule has 0 fully saturated rings. The van der Waals surface area contributed by atoms with Gasteiger partial charge >= 0.3 is 0 Å². The zero-order valence-corrected chi connectivity index (χ0v) is 35.4. The minimum absolute atomic E-state index is 0.126. The lowest BCUT2D eigenvalue weighted by Gasteiger charge is -2.34. The Morgan fingerprint density at radius 2 is 1.11 bits per heavy atom. The van der Waals surface area contributed by atoms with Gasteiger partial charge in [-0.3, -0.25) is 0 Å². The molecule has 1 aliphatic heterocycles. The van der Waals surface area contributed by atoms with E-state index in [-0.39, 0.29) is 12.1 Å². The van der Waals surface area contributed by atoms with Crippen molar-refractivity contribution in [2.75, 3.05) is 9.80 Å². The molecule has 4 atom stereocenters. The SMILES string of the molecule is C1=CC2c3ccccc3OC2C(c2ccc(N(c3ccccc3)C3C=CC(c4ccc(N(c5ccccc5)c5ccc(-c6cccc7c6oc6ccccc67)cc5)cc4)=CC3)cc2)C1. The van der Waals surface area contributed by atoms with Crippen molar-refractivity contribution < 1.29 is 9.15 Å². The Bertz CT molecular complexity index is 3200. The number of fused-ring (bicyclic) bond motifs is 6. The number of hydrogen-bond donors (Lipinski definition) is 0. The molecule has 4 unspecified atom stereocenters. The van der Waals surface area contributed by atoms with Gasteiger partial charge in [-0.2, -0.15) is 0 Å². The molecule has 0 amide bonds. The minimum Gasteiger partial charge on any atom is -0.489 e. The number of para-hydroxylation sites is 5. The number of allylic oxidation sites excluding steroid dienone is 3. The molecule has 2 aliphatic carbocycles. The second-order valence-corrected chi connectivity index (χ2v) is 17.1. The first-order chi connectivity index (χ1) is 31.7. The van der Waals surface area contributed by atoms with Gasteiger partial charge in [0, 0.05) is 62.2 Å². The van der Waals surface area contributed by atoms with E-state index in [4.69, 9.17) is 9.15 Å². The lowest BCUT2D eigenvalue weighted by atomic mass is 9.78. The monoisotopic (exact) mass is 826 g/mol. The van der Waals surface area contributed by atoms with E-state index in [0.29, 0.717) is 11.8 Å². The van der Waals surface area contributed by atoms with Crippen LogP contribution in [0.2, 0.25) is 0 Å². The molecule has 0 saturated carbocycles. The fraction of sp³-hybridized carbons (Fsp3) is 0.100. The summed E-state index contributed by atoms with van der Waals surface area (Å²) < 4.78 is 13.0. The van der Waals surface area contributed by atoms with E-state index in [1.165, 1.54) is 33.6 Å². The first-order valence-electron chi connectivity index (χ1n) is 22.4. The van der Waals surface area contributed by atoms with Crippen LogP contribution in [0, 0.1) is 0 Å². The molecule has 12 rings (SSSR count). The molecule has 8 aromatic carbocycles. The molecule has 9 aromatic rings. The van der Waals surface area contributed by atoms with Crippen LogP contribution in [0.15, 0.2) is 235 Å². The molecule has 64 heavy (non-hydrogen) atoms. The van der Waals surface area contributed by atoms with Crippen molar-refractivity contribution in [1.82, 2.24) is 0 Å². The number of furan rings is 1. The van der Waals surface area contributed by atoms with Gasteiger partial charge in [0.1, 0.15) is 23.0 Å². The zero-order chi connectivity index (χ0) is 42.4. The Kier molecular flexibility index (Phi) is 9.56. The topological polar surface area (TPSA) is 28.9 Å². The van der Waals surface area contributed by atoms with Crippen LogP contribution in [0.4, 0.5) is 28.4 Å². The summed E-state index contributed by atoms with van der Waals surface area (Å²) in [6, 6.07) is 71.8. The van der Waals surface area contributed by atoms with Crippen LogP contribution < -0.4 is 14.5 Å². The standard InChI is InChI=1S/C60H46N2O2/c1-3-13-45(14-4-1)61(49-37-29-43(30-38-49)51-19-11-21-55-53-17-7-9-23-57(53)63-59(51)55)47-33-25-41(26-34-47)42-27-35-48(36-28-42)62(46-15-5-2-6-16-46)50-39-31-44(32-40-50)52-20-12-22-56-54-18-8-10-24-58(54)64-60(52)56/h1-19,21-35,37-40,48,52,56,60H,20,36H2. The number of hydrogen-bond acceptors (Lipinski definition) is 4. The van der Waals surface area contributed by atoms with Gasteiger partial charge in [0.2, 0.25) is 0 Å². The molecular weight excluding hydrogens is 781 g/mol. The van der Waals surface area contributed by atoms with Crippen LogP contribution in [0.1, 0.15) is 41.4 Å². The first kappa shape index (κ1) is 37.9. The fourth-order valence-corrected chi connectivity index (χ4v) is 10.2. The highest BCUT2D eigenvalue weighted by atomic mass is 16.5. The summed E-state index contributed by atoms with van der Waals surface area (Å²) >= 11 is 0. The third-order valence-corrected chi connectivity index (χ3v) is 13.4. The number of anilines is 5.